The molecule has 0 saturated carbocycles. The Morgan fingerprint density at radius 3 is 2.92 bits per heavy atom. The number of hydrogen-bond donors (Lipinski definition) is 0. The van der Waals surface area contributed by atoms with Crippen LogP contribution in [0.1, 0.15) is 36.0 Å². The van der Waals surface area contributed by atoms with Crippen molar-refractivity contribution < 1.29 is 9.47 Å². The van der Waals surface area contributed by atoms with Gasteiger partial charge in [-0.1, -0.05) is 0 Å². The molecule has 1 aliphatic carbocycles. The Morgan fingerprint density at radius 2 is 2.08 bits per heavy atom. The van der Waals surface area contributed by atoms with Gasteiger partial charge in [-0.3, -0.25) is 0 Å². The molecule has 2 aromatic rings. The maximum Gasteiger partial charge on any atom is 0.141 e. The topological polar surface area (TPSA) is 47.5 Å². The van der Waals surface area contributed by atoms with Crippen LogP contribution in [0.15, 0.2) is 0 Å². The van der Waals surface area contributed by atoms with Gasteiger partial charge in [-0.2, -0.15) is 0 Å². The molecule has 0 spiro atoms. The normalized spacial score (nSPS) is 24.4. The molecule has 0 N–H and O–H groups in total. The molecule has 130 valence electrons. The molecule has 5 nitrogen and oxygen atoms in total. The molecule has 0 bridgehead atoms. The molecule has 1 fully saturated rings. The summed E-state index contributed by atoms with van der Waals surface area (Å²) < 4.78 is 11.3. The van der Waals surface area contributed by atoms with E-state index in [9.17, 15) is 0 Å². The van der Waals surface area contributed by atoms with Gasteiger partial charge in [0.2, 0.25) is 0 Å². The standard InChI is InChI=1S/C18H25N3O2S/c1-11-8-21(9-13(23-11)10-22-3)17-16-14-6-4-5-7-15(14)24-18(16)20-12(2)19-17/h11,13H,4-10H2,1-3H3. The van der Waals surface area contributed by atoms with E-state index in [-0.39, 0.29) is 12.2 Å². The van der Waals surface area contributed by atoms with Gasteiger partial charge in [0.05, 0.1) is 24.2 Å². The lowest BCUT2D eigenvalue weighted by Crippen LogP contribution is -2.48. The highest BCUT2D eigenvalue weighted by Crippen LogP contribution is 2.40. The van der Waals surface area contributed by atoms with Crippen LogP contribution in [0.4, 0.5) is 5.82 Å². The van der Waals surface area contributed by atoms with Gasteiger partial charge in [0, 0.05) is 25.1 Å². The van der Waals surface area contributed by atoms with Crippen molar-refractivity contribution in [3.63, 3.8) is 0 Å². The minimum absolute atomic E-state index is 0.0959. The van der Waals surface area contributed by atoms with E-state index < -0.39 is 0 Å². The van der Waals surface area contributed by atoms with E-state index in [4.69, 9.17) is 19.4 Å². The van der Waals surface area contributed by atoms with E-state index in [1.165, 1.54) is 35.1 Å². The number of thiophene rings is 1. The Morgan fingerprint density at radius 1 is 1.25 bits per heavy atom. The van der Waals surface area contributed by atoms with Gasteiger partial charge in [-0.15, -0.1) is 11.3 Å². The Bertz CT molecular complexity index is 745. The first-order valence-electron chi connectivity index (χ1n) is 8.84. The van der Waals surface area contributed by atoms with Crippen LogP contribution >= 0.6 is 11.3 Å². The fourth-order valence-electron chi connectivity index (χ4n) is 3.97. The highest BCUT2D eigenvalue weighted by molar-refractivity contribution is 7.19. The summed E-state index contributed by atoms with van der Waals surface area (Å²) >= 11 is 1.87. The van der Waals surface area contributed by atoms with Crippen molar-refractivity contribution in [2.45, 2.75) is 51.7 Å². The zero-order chi connectivity index (χ0) is 16.7. The third-order valence-corrected chi connectivity index (χ3v) is 6.07. The summed E-state index contributed by atoms with van der Waals surface area (Å²) in [5.74, 6) is 1.96. The molecular formula is C18H25N3O2S. The van der Waals surface area contributed by atoms with Crippen molar-refractivity contribution in [2.75, 3.05) is 31.7 Å². The number of hydrogen-bond acceptors (Lipinski definition) is 6. The molecule has 2 atom stereocenters. The number of nitrogens with zero attached hydrogens (tertiary/aromatic N) is 3. The van der Waals surface area contributed by atoms with E-state index in [2.05, 4.69) is 11.8 Å². The van der Waals surface area contributed by atoms with Crippen molar-refractivity contribution in [3.05, 3.63) is 16.3 Å². The minimum atomic E-state index is 0.0959. The van der Waals surface area contributed by atoms with Crippen LogP contribution < -0.4 is 4.90 Å². The zero-order valence-corrected chi connectivity index (χ0v) is 15.5. The lowest BCUT2D eigenvalue weighted by molar-refractivity contribution is -0.0512. The maximum absolute atomic E-state index is 6.01. The quantitative estimate of drug-likeness (QED) is 0.854. The maximum atomic E-state index is 6.01. The Labute approximate surface area is 147 Å². The molecule has 0 radical (unpaired) electrons. The first-order valence-corrected chi connectivity index (χ1v) is 9.65. The molecule has 1 aliphatic heterocycles. The van der Waals surface area contributed by atoms with E-state index in [0.29, 0.717) is 6.61 Å². The molecule has 2 aromatic heterocycles. The number of aryl methyl sites for hydroxylation is 3. The smallest absolute Gasteiger partial charge is 0.141 e. The molecule has 3 heterocycles. The van der Waals surface area contributed by atoms with Gasteiger partial charge < -0.3 is 14.4 Å². The molecular weight excluding hydrogens is 322 g/mol. The van der Waals surface area contributed by atoms with Crippen molar-refractivity contribution in [3.8, 4) is 0 Å². The number of morpholine rings is 1. The molecule has 1 saturated heterocycles. The van der Waals surface area contributed by atoms with Crippen LogP contribution in [-0.2, 0) is 22.3 Å². The van der Waals surface area contributed by atoms with Gasteiger partial charge >= 0.3 is 0 Å². The van der Waals surface area contributed by atoms with Crippen LogP contribution in [0.2, 0.25) is 0 Å². The second-order valence-corrected chi connectivity index (χ2v) is 8.00. The zero-order valence-electron chi connectivity index (χ0n) is 14.7. The van der Waals surface area contributed by atoms with E-state index in [1.807, 2.05) is 18.3 Å². The number of anilines is 1. The highest BCUT2D eigenvalue weighted by atomic mass is 32.1. The molecule has 2 unspecified atom stereocenters. The highest BCUT2D eigenvalue weighted by Gasteiger charge is 2.29. The SMILES string of the molecule is COCC1CN(c2nc(C)nc3sc4c(c23)CCCC4)CC(C)O1. The predicted octanol–water partition coefficient (Wildman–Crippen LogP) is 3.12. The number of rotatable bonds is 3. The lowest BCUT2D eigenvalue weighted by Gasteiger charge is -2.37. The van der Waals surface area contributed by atoms with Crippen molar-refractivity contribution in [1.82, 2.24) is 9.97 Å². The Balaban J connectivity index is 1.78. The van der Waals surface area contributed by atoms with Crippen molar-refractivity contribution >= 4 is 27.4 Å². The summed E-state index contributed by atoms with van der Waals surface area (Å²) in [6.45, 7) is 6.45. The van der Waals surface area contributed by atoms with E-state index in [0.717, 1.165) is 36.0 Å². The van der Waals surface area contributed by atoms with Crippen LogP contribution in [0.3, 0.4) is 0 Å². The Hall–Kier alpha value is -1.24. The second kappa shape index (κ2) is 6.58. The monoisotopic (exact) mass is 347 g/mol. The summed E-state index contributed by atoms with van der Waals surface area (Å²) in [5.41, 5.74) is 1.50. The van der Waals surface area contributed by atoms with Gasteiger partial charge in [-0.05, 0) is 45.1 Å². The van der Waals surface area contributed by atoms with Crippen molar-refractivity contribution in [1.29, 1.82) is 0 Å². The van der Waals surface area contributed by atoms with Crippen LogP contribution in [0.25, 0.3) is 10.2 Å². The van der Waals surface area contributed by atoms with Crippen molar-refractivity contribution in [2.24, 2.45) is 0 Å². The van der Waals surface area contributed by atoms with E-state index >= 15 is 0 Å². The van der Waals surface area contributed by atoms with Gasteiger partial charge in [0.15, 0.2) is 0 Å². The molecule has 24 heavy (non-hydrogen) atoms. The van der Waals surface area contributed by atoms with Crippen LogP contribution in [0.5, 0.6) is 0 Å². The third kappa shape index (κ3) is 2.91. The average molecular weight is 347 g/mol. The molecule has 4 rings (SSSR count). The molecule has 0 aromatic carbocycles. The summed E-state index contributed by atoms with van der Waals surface area (Å²) in [7, 11) is 1.73. The second-order valence-electron chi connectivity index (χ2n) is 6.91. The fourth-order valence-corrected chi connectivity index (χ4v) is 5.27. The fraction of sp³-hybridized carbons (Fsp3) is 0.667. The Kier molecular flexibility index (Phi) is 4.45. The van der Waals surface area contributed by atoms with Gasteiger partial charge in [-0.25, -0.2) is 9.97 Å². The third-order valence-electron chi connectivity index (χ3n) is 4.89. The van der Waals surface area contributed by atoms with Crippen LogP contribution in [0, 0.1) is 6.92 Å². The average Bonchev–Trinajstić information content (AvgIpc) is 2.91. The summed E-state index contributed by atoms with van der Waals surface area (Å²) in [4.78, 5) is 14.7. The summed E-state index contributed by atoms with van der Waals surface area (Å²) in [5, 5.41) is 1.30. The molecule has 0 amide bonds. The first kappa shape index (κ1) is 16.2. The minimum Gasteiger partial charge on any atom is -0.382 e. The lowest BCUT2D eigenvalue weighted by atomic mass is 9.96. The number of ether oxygens (including phenoxy) is 2. The number of aromatic nitrogens is 2. The number of methoxy groups -OCH3 is 1. The summed E-state index contributed by atoms with van der Waals surface area (Å²) in [6, 6.07) is 0. The molecule has 2 aliphatic rings. The predicted molar refractivity (Wildman–Crippen MR) is 97.2 cm³/mol. The molecule has 6 heteroatoms. The van der Waals surface area contributed by atoms with Gasteiger partial charge in [0.1, 0.15) is 16.5 Å². The largest absolute Gasteiger partial charge is 0.382 e. The van der Waals surface area contributed by atoms with E-state index in [1.54, 1.807) is 7.11 Å². The first-order chi connectivity index (χ1) is 11.7. The summed E-state index contributed by atoms with van der Waals surface area (Å²) in [6.07, 6.45) is 5.21. The van der Waals surface area contributed by atoms with Gasteiger partial charge in [0.25, 0.3) is 0 Å². The van der Waals surface area contributed by atoms with Crippen LogP contribution in [-0.4, -0.2) is 49.0 Å². The number of fused-ring (bicyclic) bond motifs is 3.